The number of thioether (sulfide) groups is 1. The molecule has 1 atom stereocenters. The molecule has 0 N–H and O–H groups in total. The highest BCUT2D eigenvalue weighted by Gasteiger charge is 2.24. The number of ether oxygens (including phenoxy) is 2. The molecule has 4 aromatic rings. The maximum absolute atomic E-state index is 5.50. The Bertz CT molecular complexity index is 1310. The number of thiazole rings is 1. The second-order valence-corrected chi connectivity index (χ2v) is 11.2. The van der Waals surface area contributed by atoms with Gasteiger partial charge in [-0.15, -0.1) is 32.9 Å². The fourth-order valence-corrected chi connectivity index (χ4v) is 7.48. The summed E-state index contributed by atoms with van der Waals surface area (Å²) in [6, 6.07) is 5.98. The summed E-state index contributed by atoms with van der Waals surface area (Å²) in [6.45, 7) is 5.65. The van der Waals surface area contributed by atoms with Gasteiger partial charge in [0.15, 0.2) is 22.5 Å². The summed E-state index contributed by atoms with van der Waals surface area (Å²) in [5, 5.41) is 15.5. The lowest BCUT2D eigenvalue weighted by Crippen LogP contribution is -2.10. The van der Waals surface area contributed by atoms with Gasteiger partial charge < -0.3 is 14.0 Å². The monoisotopic (exact) mass is 496 g/mol. The van der Waals surface area contributed by atoms with Gasteiger partial charge in [0, 0.05) is 39.1 Å². The Kier molecular flexibility index (Phi) is 5.63. The van der Waals surface area contributed by atoms with Crippen molar-refractivity contribution in [2.75, 3.05) is 6.79 Å². The molecule has 1 aliphatic heterocycles. The molecule has 0 spiro atoms. The Morgan fingerprint density at radius 3 is 2.97 bits per heavy atom. The van der Waals surface area contributed by atoms with Crippen LogP contribution in [0, 0.1) is 5.92 Å². The molecule has 0 saturated heterocycles. The highest BCUT2D eigenvalue weighted by molar-refractivity contribution is 7.98. The number of hydrogen-bond acceptors (Lipinski definition) is 8. The molecule has 9 heteroatoms. The van der Waals surface area contributed by atoms with Crippen LogP contribution in [0.1, 0.15) is 36.4 Å². The van der Waals surface area contributed by atoms with E-state index < -0.39 is 0 Å². The van der Waals surface area contributed by atoms with Crippen LogP contribution in [0.5, 0.6) is 11.5 Å². The zero-order chi connectivity index (χ0) is 22.4. The first-order valence-electron chi connectivity index (χ1n) is 11.2. The predicted octanol–water partition coefficient (Wildman–Crippen LogP) is 6.30. The van der Waals surface area contributed by atoms with E-state index >= 15 is 0 Å². The van der Waals surface area contributed by atoms with E-state index in [-0.39, 0.29) is 6.79 Å². The van der Waals surface area contributed by atoms with E-state index in [2.05, 4.69) is 39.4 Å². The van der Waals surface area contributed by atoms with Crippen LogP contribution in [0.4, 0.5) is 0 Å². The van der Waals surface area contributed by atoms with Crippen molar-refractivity contribution >= 4 is 34.4 Å². The molecule has 0 bridgehead atoms. The molecule has 0 amide bonds. The smallest absolute Gasteiger partial charge is 0.231 e. The lowest BCUT2D eigenvalue weighted by molar-refractivity contribution is 0.174. The summed E-state index contributed by atoms with van der Waals surface area (Å²) in [5.41, 5.74) is 4.87. The van der Waals surface area contributed by atoms with Gasteiger partial charge in [0.05, 0.1) is 5.69 Å². The minimum Gasteiger partial charge on any atom is -0.454 e. The second kappa shape index (κ2) is 8.77. The average Bonchev–Trinajstić information content (AvgIpc) is 3.62. The van der Waals surface area contributed by atoms with Gasteiger partial charge in [-0.2, -0.15) is 0 Å². The molecule has 0 saturated carbocycles. The number of nitrogens with zero attached hydrogens (tertiary/aromatic N) is 4. The van der Waals surface area contributed by atoms with Crippen LogP contribution in [0.2, 0.25) is 0 Å². The van der Waals surface area contributed by atoms with E-state index in [4.69, 9.17) is 14.5 Å². The first-order valence-corrected chi connectivity index (χ1v) is 13.9. The molecule has 6 rings (SSSR count). The zero-order valence-corrected chi connectivity index (χ0v) is 21.0. The van der Waals surface area contributed by atoms with Gasteiger partial charge in [0.25, 0.3) is 0 Å². The summed E-state index contributed by atoms with van der Waals surface area (Å²) in [4.78, 5) is 6.37. The molecule has 0 radical (unpaired) electrons. The van der Waals surface area contributed by atoms with E-state index in [1.165, 1.54) is 28.8 Å². The van der Waals surface area contributed by atoms with Gasteiger partial charge in [0.1, 0.15) is 5.01 Å². The van der Waals surface area contributed by atoms with E-state index in [1.807, 2.05) is 29.5 Å². The van der Waals surface area contributed by atoms with Crippen molar-refractivity contribution in [2.24, 2.45) is 5.92 Å². The molecule has 3 aromatic heterocycles. The molecular weight excluding hydrogens is 472 g/mol. The van der Waals surface area contributed by atoms with Crippen molar-refractivity contribution in [3.63, 3.8) is 0 Å². The van der Waals surface area contributed by atoms with Crippen LogP contribution < -0.4 is 9.47 Å². The molecule has 170 valence electrons. The fraction of sp³-hybridized carbons (Fsp3) is 0.375. The summed E-state index contributed by atoms with van der Waals surface area (Å²) in [5.74, 6) is 4.12. The number of rotatable bonds is 6. The van der Waals surface area contributed by atoms with Crippen LogP contribution in [0.3, 0.4) is 0 Å². The van der Waals surface area contributed by atoms with Crippen LogP contribution in [-0.4, -0.2) is 26.5 Å². The predicted molar refractivity (Wildman–Crippen MR) is 133 cm³/mol. The Balaban J connectivity index is 1.20. The van der Waals surface area contributed by atoms with E-state index in [1.54, 1.807) is 23.1 Å². The van der Waals surface area contributed by atoms with E-state index in [9.17, 15) is 0 Å². The minimum atomic E-state index is 0.284. The number of fused-ring (bicyclic) bond motifs is 2. The third kappa shape index (κ3) is 3.96. The Hall–Kier alpha value is -2.36. The number of benzene rings is 1. The molecular formula is C24H24N4O2S3. The molecule has 1 unspecified atom stereocenters. The SMILES string of the molecule is CCn1c(SCc2csc(-c3ccc4c(c3)OCO4)n2)nnc1-c1csc2c1CCC(C)C2. The van der Waals surface area contributed by atoms with Crippen molar-refractivity contribution in [3.8, 4) is 33.5 Å². The van der Waals surface area contributed by atoms with Crippen LogP contribution in [0.25, 0.3) is 22.0 Å². The van der Waals surface area contributed by atoms with Crippen molar-refractivity contribution in [1.82, 2.24) is 19.7 Å². The number of thiophene rings is 1. The van der Waals surface area contributed by atoms with Gasteiger partial charge in [-0.25, -0.2) is 4.98 Å². The van der Waals surface area contributed by atoms with Gasteiger partial charge in [-0.1, -0.05) is 18.7 Å². The first kappa shape index (κ1) is 21.2. The molecule has 33 heavy (non-hydrogen) atoms. The second-order valence-electron chi connectivity index (χ2n) is 8.45. The van der Waals surface area contributed by atoms with Gasteiger partial charge in [-0.05, 0) is 55.9 Å². The summed E-state index contributed by atoms with van der Waals surface area (Å²) in [7, 11) is 0. The molecule has 6 nitrogen and oxygen atoms in total. The lowest BCUT2D eigenvalue weighted by atomic mass is 9.88. The first-order chi connectivity index (χ1) is 16.2. The van der Waals surface area contributed by atoms with E-state index in [0.29, 0.717) is 0 Å². The summed E-state index contributed by atoms with van der Waals surface area (Å²) >= 11 is 5.24. The van der Waals surface area contributed by atoms with Gasteiger partial charge in [-0.3, -0.25) is 0 Å². The largest absolute Gasteiger partial charge is 0.454 e. The Morgan fingerprint density at radius 1 is 1.15 bits per heavy atom. The molecule has 2 aliphatic rings. The molecule has 4 heterocycles. The highest BCUT2D eigenvalue weighted by Crippen LogP contribution is 2.39. The summed E-state index contributed by atoms with van der Waals surface area (Å²) in [6.07, 6.45) is 3.60. The number of hydrogen-bond donors (Lipinski definition) is 0. The molecule has 0 fully saturated rings. The fourth-order valence-electron chi connectivity index (χ4n) is 4.42. The minimum absolute atomic E-state index is 0.284. The highest BCUT2D eigenvalue weighted by atomic mass is 32.2. The standard InChI is InChI=1S/C24H24N4O2S3/c1-3-28-22(18-12-31-21-8-14(2)4-6-17(18)21)26-27-24(28)33-11-16-10-32-23(25-16)15-5-7-19-20(9-15)30-13-29-19/h5,7,9-10,12,14H,3-4,6,8,11,13H2,1-2H3. The van der Waals surface area contributed by atoms with Gasteiger partial charge >= 0.3 is 0 Å². The molecule has 1 aliphatic carbocycles. The van der Waals surface area contributed by atoms with Gasteiger partial charge in [0.2, 0.25) is 6.79 Å². The van der Waals surface area contributed by atoms with Crippen molar-refractivity contribution in [3.05, 3.63) is 45.1 Å². The Morgan fingerprint density at radius 2 is 2.06 bits per heavy atom. The topological polar surface area (TPSA) is 62.1 Å². The van der Waals surface area contributed by atoms with E-state index in [0.717, 1.165) is 63.4 Å². The normalized spacial score (nSPS) is 16.8. The maximum Gasteiger partial charge on any atom is 0.231 e. The zero-order valence-electron chi connectivity index (χ0n) is 18.5. The maximum atomic E-state index is 5.50. The van der Waals surface area contributed by atoms with Crippen molar-refractivity contribution in [2.45, 2.75) is 50.6 Å². The number of aromatic nitrogens is 4. The third-order valence-corrected chi connectivity index (χ3v) is 9.19. The van der Waals surface area contributed by atoms with Crippen molar-refractivity contribution in [1.29, 1.82) is 0 Å². The lowest BCUT2D eigenvalue weighted by Gasteiger charge is -2.19. The van der Waals surface area contributed by atoms with Crippen LogP contribution in [-0.2, 0) is 25.1 Å². The Labute approximate surface area is 205 Å². The third-order valence-electron chi connectivity index (χ3n) is 6.20. The quantitative estimate of drug-likeness (QED) is 0.292. The van der Waals surface area contributed by atoms with Crippen LogP contribution in [0.15, 0.2) is 34.1 Å². The van der Waals surface area contributed by atoms with Crippen LogP contribution >= 0.6 is 34.4 Å². The molecule has 1 aromatic carbocycles. The van der Waals surface area contributed by atoms with Crippen molar-refractivity contribution < 1.29 is 9.47 Å². The average molecular weight is 497 g/mol. The summed E-state index contributed by atoms with van der Waals surface area (Å²) < 4.78 is 13.2.